The molecule has 2 heterocycles. The lowest BCUT2D eigenvalue weighted by molar-refractivity contribution is 0.0779. The molecule has 1 aliphatic rings. The monoisotopic (exact) mass is 247 g/mol. The van der Waals surface area contributed by atoms with Gasteiger partial charge in [-0.2, -0.15) is 0 Å². The van der Waals surface area contributed by atoms with Gasteiger partial charge in [0.2, 0.25) is 0 Å². The molecule has 98 valence electrons. The minimum atomic E-state index is 0.102. The summed E-state index contributed by atoms with van der Waals surface area (Å²) in [5, 5.41) is 0. The Hall–Kier alpha value is -1.42. The summed E-state index contributed by atoms with van der Waals surface area (Å²) in [5.74, 6) is 0.600. The lowest BCUT2D eigenvalue weighted by atomic mass is 9.98. The molecule has 4 heteroatoms. The largest absolute Gasteiger partial charge is 0.341 e. The van der Waals surface area contributed by atoms with E-state index < -0.39 is 0 Å². The van der Waals surface area contributed by atoms with Gasteiger partial charge in [-0.15, -0.1) is 0 Å². The molecule has 0 aromatic carbocycles. The maximum absolute atomic E-state index is 12.2. The zero-order chi connectivity index (χ0) is 13.1. The minimum Gasteiger partial charge on any atom is -0.341 e. The van der Waals surface area contributed by atoms with E-state index in [1.54, 1.807) is 6.20 Å². The molecule has 0 fully saturated rings. The van der Waals surface area contributed by atoms with E-state index in [-0.39, 0.29) is 5.91 Å². The van der Waals surface area contributed by atoms with Crippen molar-refractivity contribution in [1.82, 2.24) is 14.8 Å². The number of carbonyl (C=O) groups is 1. The molecule has 1 atom stereocenters. The smallest absolute Gasteiger partial charge is 0.255 e. The molecule has 2 rings (SSSR count). The average molecular weight is 247 g/mol. The number of carbonyl (C=O) groups excluding carboxylic acids is 1. The van der Waals surface area contributed by atoms with Gasteiger partial charge in [0, 0.05) is 19.8 Å². The van der Waals surface area contributed by atoms with Crippen molar-refractivity contribution in [3.63, 3.8) is 0 Å². The van der Waals surface area contributed by atoms with Gasteiger partial charge in [-0.25, -0.2) is 0 Å². The van der Waals surface area contributed by atoms with E-state index in [2.05, 4.69) is 24.0 Å². The Morgan fingerprint density at radius 1 is 1.50 bits per heavy atom. The summed E-state index contributed by atoms with van der Waals surface area (Å²) in [7, 11) is 6.04. The van der Waals surface area contributed by atoms with Gasteiger partial charge in [0.1, 0.15) is 0 Å². The number of hydrogen-bond acceptors (Lipinski definition) is 3. The quantitative estimate of drug-likeness (QED) is 0.807. The molecule has 1 amide bonds. The van der Waals surface area contributed by atoms with Crippen molar-refractivity contribution in [3.8, 4) is 0 Å². The molecule has 0 bridgehead atoms. The standard InChI is InChI=1S/C14H21N3O/c1-16(2)8-6-11-9-13-12(5-4-7-15-13)14(18)17(3)10-11/h4-5,7,11H,6,8-10H2,1-3H3. The van der Waals surface area contributed by atoms with Crippen LogP contribution in [0.15, 0.2) is 18.3 Å². The molecule has 0 saturated heterocycles. The fourth-order valence-electron chi connectivity index (χ4n) is 2.44. The first-order valence-electron chi connectivity index (χ1n) is 6.42. The predicted octanol–water partition coefficient (Wildman–Crippen LogP) is 1.28. The highest BCUT2D eigenvalue weighted by molar-refractivity contribution is 5.95. The van der Waals surface area contributed by atoms with E-state index >= 15 is 0 Å². The van der Waals surface area contributed by atoms with E-state index in [0.717, 1.165) is 37.2 Å². The number of fused-ring (bicyclic) bond motifs is 1. The van der Waals surface area contributed by atoms with Crippen molar-refractivity contribution < 1.29 is 4.79 Å². The summed E-state index contributed by atoms with van der Waals surface area (Å²) in [4.78, 5) is 20.6. The molecule has 0 saturated carbocycles. The third-order valence-corrected chi connectivity index (χ3v) is 3.47. The lowest BCUT2D eigenvalue weighted by Crippen LogP contribution is -2.31. The van der Waals surface area contributed by atoms with Crippen LogP contribution in [-0.2, 0) is 6.42 Å². The number of nitrogens with zero attached hydrogens (tertiary/aromatic N) is 3. The second-order valence-electron chi connectivity index (χ2n) is 5.35. The Labute approximate surface area is 109 Å². The molecular formula is C14H21N3O. The summed E-state index contributed by atoms with van der Waals surface area (Å²) in [5.41, 5.74) is 1.72. The second kappa shape index (κ2) is 5.48. The van der Waals surface area contributed by atoms with Crippen LogP contribution in [0, 0.1) is 5.92 Å². The zero-order valence-electron chi connectivity index (χ0n) is 11.4. The molecule has 1 aromatic rings. The van der Waals surface area contributed by atoms with E-state index in [9.17, 15) is 4.79 Å². The molecule has 18 heavy (non-hydrogen) atoms. The molecule has 1 aromatic heterocycles. The van der Waals surface area contributed by atoms with Crippen LogP contribution in [0.5, 0.6) is 0 Å². The molecule has 1 unspecified atom stereocenters. The van der Waals surface area contributed by atoms with Crippen molar-refractivity contribution in [1.29, 1.82) is 0 Å². The van der Waals surface area contributed by atoms with Crippen LogP contribution in [0.3, 0.4) is 0 Å². The second-order valence-corrected chi connectivity index (χ2v) is 5.35. The van der Waals surface area contributed by atoms with Crippen LogP contribution in [0.25, 0.3) is 0 Å². The van der Waals surface area contributed by atoms with Gasteiger partial charge in [0.05, 0.1) is 11.3 Å². The Morgan fingerprint density at radius 2 is 2.28 bits per heavy atom. The lowest BCUT2D eigenvalue weighted by Gasteiger charge is -2.21. The molecule has 0 radical (unpaired) electrons. The van der Waals surface area contributed by atoms with Gasteiger partial charge in [-0.1, -0.05) is 0 Å². The third-order valence-electron chi connectivity index (χ3n) is 3.47. The van der Waals surface area contributed by atoms with Crippen LogP contribution in [0.4, 0.5) is 0 Å². The molecule has 0 aliphatic carbocycles. The zero-order valence-corrected chi connectivity index (χ0v) is 11.4. The highest BCUT2D eigenvalue weighted by Gasteiger charge is 2.25. The fraction of sp³-hybridized carbons (Fsp3) is 0.571. The van der Waals surface area contributed by atoms with Crippen LogP contribution in [0.1, 0.15) is 22.5 Å². The van der Waals surface area contributed by atoms with Crippen LogP contribution < -0.4 is 0 Å². The summed E-state index contributed by atoms with van der Waals surface area (Å²) in [6, 6.07) is 3.72. The first kappa shape index (κ1) is 13.0. The van der Waals surface area contributed by atoms with Gasteiger partial charge in [0.25, 0.3) is 5.91 Å². The maximum atomic E-state index is 12.2. The normalized spacial score (nSPS) is 19.9. The van der Waals surface area contributed by atoms with Gasteiger partial charge in [-0.05, 0) is 51.5 Å². The van der Waals surface area contributed by atoms with Crippen LogP contribution >= 0.6 is 0 Å². The van der Waals surface area contributed by atoms with E-state index in [4.69, 9.17) is 0 Å². The van der Waals surface area contributed by atoms with Gasteiger partial charge in [0.15, 0.2) is 0 Å². The van der Waals surface area contributed by atoms with E-state index in [1.165, 1.54) is 0 Å². The Balaban J connectivity index is 2.17. The van der Waals surface area contributed by atoms with Crippen molar-refractivity contribution in [2.24, 2.45) is 5.92 Å². The molecule has 4 nitrogen and oxygen atoms in total. The number of amides is 1. The van der Waals surface area contributed by atoms with Gasteiger partial charge in [-0.3, -0.25) is 9.78 Å². The van der Waals surface area contributed by atoms with Gasteiger partial charge < -0.3 is 9.80 Å². The van der Waals surface area contributed by atoms with Crippen LogP contribution in [0.2, 0.25) is 0 Å². The Bertz CT molecular complexity index is 431. The predicted molar refractivity (Wildman–Crippen MR) is 71.6 cm³/mol. The van der Waals surface area contributed by atoms with E-state index in [1.807, 2.05) is 24.1 Å². The maximum Gasteiger partial charge on any atom is 0.255 e. The third kappa shape index (κ3) is 2.88. The first-order valence-corrected chi connectivity index (χ1v) is 6.42. The minimum absolute atomic E-state index is 0.102. The van der Waals surface area contributed by atoms with Gasteiger partial charge >= 0.3 is 0 Å². The summed E-state index contributed by atoms with van der Waals surface area (Å²) in [6.45, 7) is 1.87. The molecule has 0 spiro atoms. The van der Waals surface area contributed by atoms with Crippen molar-refractivity contribution in [2.45, 2.75) is 12.8 Å². The summed E-state index contributed by atoms with van der Waals surface area (Å²) in [6.07, 6.45) is 3.78. The van der Waals surface area contributed by atoms with Crippen molar-refractivity contribution in [2.75, 3.05) is 34.2 Å². The highest BCUT2D eigenvalue weighted by Crippen LogP contribution is 2.21. The van der Waals surface area contributed by atoms with Crippen LogP contribution in [-0.4, -0.2) is 54.9 Å². The van der Waals surface area contributed by atoms with Crippen molar-refractivity contribution in [3.05, 3.63) is 29.6 Å². The molecule has 1 aliphatic heterocycles. The first-order chi connectivity index (χ1) is 8.58. The number of hydrogen-bond donors (Lipinski definition) is 0. The molecule has 0 N–H and O–H groups in total. The number of aromatic nitrogens is 1. The summed E-state index contributed by atoms with van der Waals surface area (Å²) < 4.78 is 0. The van der Waals surface area contributed by atoms with E-state index in [0.29, 0.717) is 5.92 Å². The SMILES string of the molecule is CN(C)CCC1Cc2ncccc2C(=O)N(C)C1. The number of pyridine rings is 1. The van der Waals surface area contributed by atoms with Crippen molar-refractivity contribution >= 4 is 5.91 Å². The Kier molecular flexibility index (Phi) is 3.97. The average Bonchev–Trinajstić information content (AvgIpc) is 2.46. The fourth-order valence-corrected chi connectivity index (χ4v) is 2.44. The molecular weight excluding hydrogens is 226 g/mol. The topological polar surface area (TPSA) is 36.4 Å². The summed E-state index contributed by atoms with van der Waals surface area (Å²) >= 11 is 0. The highest BCUT2D eigenvalue weighted by atomic mass is 16.2. The Morgan fingerprint density at radius 3 is 3.00 bits per heavy atom. The number of rotatable bonds is 3.